The van der Waals surface area contributed by atoms with Crippen LogP contribution in [0.2, 0.25) is 0 Å². The second-order valence-electron chi connectivity index (χ2n) is 4.25. The molecule has 0 radical (unpaired) electrons. The van der Waals surface area contributed by atoms with Crippen molar-refractivity contribution in [3.05, 3.63) is 56.2 Å². The van der Waals surface area contributed by atoms with Crippen LogP contribution in [0.15, 0.2) is 33.7 Å². The molecule has 0 spiro atoms. The average Bonchev–Trinajstić information content (AvgIpc) is 2.44. The number of hydrogen-bond donors (Lipinski definition) is 0. The van der Waals surface area contributed by atoms with Gasteiger partial charge in [-0.3, -0.25) is 4.79 Å². The highest BCUT2D eigenvalue weighted by atomic mass is 79.9. The van der Waals surface area contributed by atoms with Crippen LogP contribution in [-0.4, -0.2) is 22.4 Å². The van der Waals surface area contributed by atoms with Crippen molar-refractivity contribution in [2.75, 3.05) is 6.61 Å². The first-order valence-electron chi connectivity index (χ1n) is 6.17. The predicted molar refractivity (Wildman–Crippen MR) is 78.2 cm³/mol. The van der Waals surface area contributed by atoms with Crippen molar-refractivity contribution in [1.82, 2.24) is 9.78 Å². The molecule has 0 aliphatic rings. The van der Waals surface area contributed by atoms with Crippen LogP contribution in [0, 0.1) is 12.7 Å². The molecule has 1 aromatic carbocycles. The third kappa shape index (κ3) is 3.18. The summed E-state index contributed by atoms with van der Waals surface area (Å²) >= 11 is 3.09. The van der Waals surface area contributed by atoms with Gasteiger partial charge < -0.3 is 4.74 Å². The van der Waals surface area contributed by atoms with Crippen LogP contribution in [0.25, 0.3) is 5.69 Å². The SMILES string of the molecule is CCOC(=O)c1nn(-c2cc(F)c(Br)cc2C)ccc1=O. The van der Waals surface area contributed by atoms with E-state index < -0.39 is 17.2 Å². The molecule has 0 N–H and O–H groups in total. The number of carbonyl (C=O) groups is 1. The molecule has 0 amide bonds. The number of hydrogen-bond acceptors (Lipinski definition) is 4. The van der Waals surface area contributed by atoms with Crippen molar-refractivity contribution in [3.8, 4) is 5.69 Å². The zero-order valence-corrected chi connectivity index (χ0v) is 13.0. The van der Waals surface area contributed by atoms with E-state index in [9.17, 15) is 14.0 Å². The van der Waals surface area contributed by atoms with Crippen LogP contribution < -0.4 is 5.43 Å². The van der Waals surface area contributed by atoms with Crippen LogP contribution in [0.1, 0.15) is 23.0 Å². The van der Waals surface area contributed by atoms with Gasteiger partial charge in [0.2, 0.25) is 11.1 Å². The number of aryl methyl sites for hydroxylation is 1. The van der Waals surface area contributed by atoms with Crippen molar-refractivity contribution < 1.29 is 13.9 Å². The number of aromatic nitrogens is 2. The molecule has 0 aliphatic heterocycles. The number of carbonyl (C=O) groups excluding carboxylic acids is 1. The van der Waals surface area contributed by atoms with Crippen molar-refractivity contribution in [1.29, 1.82) is 0 Å². The maximum Gasteiger partial charge on any atom is 0.362 e. The van der Waals surface area contributed by atoms with E-state index in [1.54, 1.807) is 19.9 Å². The molecule has 0 unspecified atom stereocenters. The van der Waals surface area contributed by atoms with E-state index in [1.807, 2.05) is 0 Å². The van der Waals surface area contributed by atoms with Gasteiger partial charge in [0, 0.05) is 18.3 Å². The first-order chi connectivity index (χ1) is 9.93. The highest BCUT2D eigenvalue weighted by molar-refractivity contribution is 9.10. The summed E-state index contributed by atoms with van der Waals surface area (Å²) in [5.41, 5.74) is 0.289. The molecular formula is C14H12BrFN2O3. The summed E-state index contributed by atoms with van der Waals surface area (Å²) in [6.07, 6.45) is 1.38. The highest BCUT2D eigenvalue weighted by Gasteiger charge is 2.15. The Morgan fingerprint density at radius 3 is 2.86 bits per heavy atom. The Labute approximate surface area is 128 Å². The van der Waals surface area contributed by atoms with Crippen molar-refractivity contribution in [2.24, 2.45) is 0 Å². The summed E-state index contributed by atoms with van der Waals surface area (Å²) in [4.78, 5) is 23.3. The second kappa shape index (κ2) is 6.17. The molecule has 1 heterocycles. The van der Waals surface area contributed by atoms with Crippen LogP contribution in [0.4, 0.5) is 4.39 Å². The van der Waals surface area contributed by atoms with E-state index in [-0.39, 0.29) is 12.3 Å². The van der Waals surface area contributed by atoms with Gasteiger partial charge >= 0.3 is 5.97 Å². The molecule has 1 aromatic heterocycles. The lowest BCUT2D eigenvalue weighted by Crippen LogP contribution is -2.22. The zero-order valence-electron chi connectivity index (χ0n) is 11.4. The summed E-state index contributed by atoms with van der Waals surface area (Å²) in [5, 5.41) is 3.94. The number of rotatable bonds is 3. The molecule has 0 saturated carbocycles. The Morgan fingerprint density at radius 2 is 2.19 bits per heavy atom. The fourth-order valence-corrected chi connectivity index (χ4v) is 2.22. The van der Waals surface area contributed by atoms with Crippen LogP contribution in [0.5, 0.6) is 0 Å². The summed E-state index contributed by atoms with van der Waals surface area (Å²) in [5.74, 6) is -1.26. The minimum Gasteiger partial charge on any atom is -0.461 e. The fourth-order valence-electron chi connectivity index (χ4n) is 1.77. The van der Waals surface area contributed by atoms with E-state index in [0.29, 0.717) is 10.2 Å². The van der Waals surface area contributed by atoms with Gasteiger partial charge in [0.25, 0.3) is 0 Å². The Bertz CT molecular complexity index is 758. The van der Waals surface area contributed by atoms with E-state index in [0.717, 1.165) is 5.56 Å². The maximum atomic E-state index is 13.7. The van der Waals surface area contributed by atoms with Gasteiger partial charge in [0.15, 0.2) is 0 Å². The number of halogens is 2. The minimum atomic E-state index is -0.799. The molecule has 0 atom stereocenters. The normalized spacial score (nSPS) is 10.5. The predicted octanol–water partition coefficient (Wildman–Crippen LogP) is 2.62. The van der Waals surface area contributed by atoms with E-state index in [4.69, 9.17) is 4.74 Å². The van der Waals surface area contributed by atoms with E-state index >= 15 is 0 Å². The number of ether oxygens (including phenoxy) is 1. The fraction of sp³-hybridized carbons (Fsp3) is 0.214. The Morgan fingerprint density at radius 1 is 1.48 bits per heavy atom. The minimum absolute atomic E-state index is 0.140. The van der Waals surface area contributed by atoms with Gasteiger partial charge in [-0.05, 0) is 41.4 Å². The monoisotopic (exact) mass is 354 g/mol. The number of esters is 1. The molecule has 110 valence electrons. The van der Waals surface area contributed by atoms with Crippen molar-refractivity contribution in [3.63, 3.8) is 0 Å². The lowest BCUT2D eigenvalue weighted by molar-refractivity contribution is 0.0515. The first kappa shape index (κ1) is 15.4. The molecule has 0 bridgehead atoms. The third-order valence-corrected chi connectivity index (χ3v) is 3.37. The van der Waals surface area contributed by atoms with Gasteiger partial charge in [-0.2, -0.15) is 5.10 Å². The Hall–Kier alpha value is -2.02. The van der Waals surface area contributed by atoms with Gasteiger partial charge in [-0.1, -0.05) is 0 Å². The molecule has 0 aliphatic carbocycles. The quantitative estimate of drug-likeness (QED) is 0.795. The topological polar surface area (TPSA) is 61.2 Å². The molecule has 5 nitrogen and oxygen atoms in total. The van der Waals surface area contributed by atoms with Crippen LogP contribution >= 0.6 is 15.9 Å². The summed E-state index contributed by atoms with van der Waals surface area (Å²) in [6.45, 7) is 3.54. The number of benzene rings is 1. The Kier molecular flexibility index (Phi) is 4.52. The van der Waals surface area contributed by atoms with Gasteiger partial charge in [-0.25, -0.2) is 13.9 Å². The third-order valence-electron chi connectivity index (χ3n) is 2.76. The molecule has 2 rings (SSSR count). The lowest BCUT2D eigenvalue weighted by atomic mass is 10.2. The molecule has 0 fully saturated rings. The largest absolute Gasteiger partial charge is 0.461 e. The van der Waals surface area contributed by atoms with Gasteiger partial charge in [-0.15, -0.1) is 0 Å². The zero-order chi connectivity index (χ0) is 15.6. The average molecular weight is 355 g/mol. The van der Waals surface area contributed by atoms with E-state index in [2.05, 4.69) is 21.0 Å². The molecule has 2 aromatic rings. The molecular weight excluding hydrogens is 343 g/mol. The Balaban J connectivity index is 2.56. The van der Waals surface area contributed by atoms with Gasteiger partial charge in [0.1, 0.15) is 5.82 Å². The molecule has 7 heteroatoms. The molecule has 0 saturated heterocycles. The smallest absolute Gasteiger partial charge is 0.362 e. The summed E-state index contributed by atoms with van der Waals surface area (Å²) in [7, 11) is 0. The lowest BCUT2D eigenvalue weighted by Gasteiger charge is -2.10. The summed E-state index contributed by atoms with van der Waals surface area (Å²) in [6, 6.07) is 4.05. The number of nitrogens with zero attached hydrogens (tertiary/aromatic N) is 2. The van der Waals surface area contributed by atoms with Crippen LogP contribution in [0.3, 0.4) is 0 Å². The maximum absolute atomic E-state index is 13.7. The summed E-state index contributed by atoms with van der Waals surface area (Å²) < 4.78 is 20.0. The molecule has 21 heavy (non-hydrogen) atoms. The highest BCUT2D eigenvalue weighted by Crippen LogP contribution is 2.22. The van der Waals surface area contributed by atoms with Crippen molar-refractivity contribution >= 4 is 21.9 Å². The van der Waals surface area contributed by atoms with Crippen LogP contribution in [-0.2, 0) is 4.74 Å². The standard InChI is InChI=1S/C14H12BrFN2O3/c1-3-21-14(20)13-12(19)4-5-18(17-13)11-7-10(16)9(15)6-8(11)2/h4-7H,3H2,1-2H3. The second-order valence-corrected chi connectivity index (χ2v) is 5.10. The first-order valence-corrected chi connectivity index (χ1v) is 6.96. The van der Waals surface area contributed by atoms with Crippen molar-refractivity contribution in [2.45, 2.75) is 13.8 Å². The van der Waals surface area contributed by atoms with E-state index in [1.165, 1.54) is 23.0 Å². The van der Waals surface area contributed by atoms with Gasteiger partial charge in [0.05, 0.1) is 16.8 Å².